The Morgan fingerprint density at radius 3 is 2.46 bits per heavy atom. The number of carbonyl (C=O) groups is 2. The number of hydrogen-bond donors (Lipinski definition) is 4. The highest BCUT2D eigenvalue weighted by molar-refractivity contribution is 14.0. The molecule has 1 aliphatic carbocycles. The minimum atomic E-state index is -0.0564. The van der Waals surface area contributed by atoms with Crippen molar-refractivity contribution in [3.8, 4) is 0 Å². The van der Waals surface area contributed by atoms with Crippen LogP contribution in [0.4, 0.5) is 0 Å². The van der Waals surface area contributed by atoms with Gasteiger partial charge in [0.25, 0.3) is 5.91 Å². The molecule has 0 aromatic heterocycles. The van der Waals surface area contributed by atoms with Crippen LogP contribution in [0.2, 0.25) is 0 Å². The lowest BCUT2D eigenvalue weighted by molar-refractivity contribution is -0.122. The van der Waals surface area contributed by atoms with Crippen molar-refractivity contribution >= 4 is 41.8 Å². The van der Waals surface area contributed by atoms with Crippen LogP contribution in [0.1, 0.15) is 49.0 Å². The smallest absolute Gasteiger partial charge is 0.251 e. The summed E-state index contributed by atoms with van der Waals surface area (Å²) in [5, 5.41) is 12.2. The number of rotatable bonds is 10. The molecule has 1 saturated carbocycles. The van der Waals surface area contributed by atoms with E-state index in [1.165, 1.54) is 0 Å². The van der Waals surface area contributed by atoms with Crippen LogP contribution in [0.25, 0.3) is 0 Å². The van der Waals surface area contributed by atoms with Gasteiger partial charge in [-0.05, 0) is 43.9 Å². The molecule has 0 heterocycles. The van der Waals surface area contributed by atoms with E-state index >= 15 is 0 Å². The van der Waals surface area contributed by atoms with Gasteiger partial charge in [0.1, 0.15) is 0 Å². The average molecular weight is 501 g/mol. The lowest BCUT2D eigenvalue weighted by Gasteiger charge is -2.12. The second kappa shape index (κ2) is 13.4. The number of nitrogens with zero attached hydrogens (tertiary/aromatic N) is 1. The molecule has 1 aromatic carbocycles. The van der Waals surface area contributed by atoms with Crippen LogP contribution in [0.5, 0.6) is 0 Å². The lowest BCUT2D eigenvalue weighted by Crippen LogP contribution is -2.41. The molecule has 2 rings (SSSR count). The van der Waals surface area contributed by atoms with E-state index in [2.05, 4.69) is 26.3 Å². The SMILES string of the molecule is CCCNC(=O)c1cccc(CN=C(NCC)NCCNC(=O)C2CC2)c1.I. The minimum Gasteiger partial charge on any atom is -0.357 e. The Balaban J connectivity index is 0.00000392. The van der Waals surface area contributed by atoms with Gasteiger partial charge in [-0.15, -0.1) is 24.0 Å². The highest BCUT2D eigenvalue weighted by atomic mass is 127. The fraction of sp³-hybridized carbons (Fsp3) is 0.550. The molecule has 2 amide bonds. The van der Waals surface area contributed by atoms with Crippen LogP contribution in [0, 0.1) is 5.92 Å². The first kappa shape index (κ1) is 24.2. The molecular formula is C20H32IN5O2. The number of guanidine groups is 1. The highest BCUT2D eigenvalue weighted by Crippen LogP contribution is 2.28. The summed E-state index contributed by atoms with van der Waals surface area (Å²) < 4.78 is 0. The maximum absolute atomic E-state index is 12.1. The third-order valence-corrected chi connectivity index (χ3v) is 4.15. The second-order valence-corrected chi connectivity index (χ2v) is 6.64. The van der Waals surface area contributed by atoms with Gasteiger partial charge in [0.05, 0.1) is 6.54 Å². The Bertz CT molecular complexity index is 662. The summed E-state index contributed by atoms with van der Waals surface area (Å²) >= 11 is 0. The van der Waals surface area contributed by atoms with Gasteiger partial charge in [-0.3, -0.25) is 9.59 Å². The third kappa shape index (κ3) is 8.90. The van der Waals surface area contributed by atoms with Crippen molar-refractivity contribution in [3.05, 3.63) is 35.4 Å². The first-order valence-corrected chi connectivity index (χ1v) is 9.81. The fourth-order valence-corrected chi connectivity index (χ4v) is 2.52. The zero-order valence-corrected chi connectivity index (χ0v) is 19.0. The lowest BCUT2D eigenvalue weighted by atomic mass is 10.1. The molecule has 0 radical (unpaired) electrons. The predicted molar refractivity (Wildman–Crippen MR) is 123 cm³/mol. The van der Waals surface area contributed by atoms with Crippen LogP contribution < -0.4 is 21.3 Å². The molecule has 0 spiro atoms. The molecule has 0 aliphatic heterocycles. The van der Waals surface area contributed by atoms with Gasteiger partial charge >= 0.3 is 0 Å². The largest absolute Gasteiger partial charge is 0.357 e. The molecule has 0 atom stereocenters. The minimum absolute atomic E-state index is 0. The molecular weight excluding hydrogens is 469 g/mol. The van der Waals surface area contributed by atoms with Crippen molar-refractivity contribution in [3.63, 3.8) is 0 Å². The predicted octanol–water partition coefficient (Wildman–Crippen LogP) is 2.03. The first-order chi connectivity index (χ1) is 13.1. The van der Waals surface area contributed by atoms with Crippen LogP contribution in [0.15, 0.2) is 29.3 Å². The number of carbonyl (C=O) groups excluding carboxylic acids is 2. The van der Waals surface area contributed by atoms with E-state index in [-0.39, 0.29) is 41.7 Å². The van der Waals surface area contributed by atoms with Crippen molar-refractivity contribution in [2.24, 2.45) is 10.9 Å². The van der Waals surface area contributed by atoms with Gasteiger partial charge in [-0.1, -0.05) is 19.1 Å². The molecule has 0 saturated heterocycles. The number of hydrogen-bond acceptors (Lipinski definition) is 3. The molecule has 0 bridgehead atoms. The monoisotopic (exact) mass is 501 g/mol. The van der Waals surface area contributed by atoms with Crippen molar-refractivity contribution < 1.29 is 9.59 Å². The molecule has 8 heteroatoms. The summed E-state index contributed by atoms with van der Waals surface area (Å²) in [4.78, 5) is 28.3. The number of benzene rings is 1. The number of aliphatic imine (C=N–C) groups is 1. The molecule has 0 unspecified atom stereocenters. The summed E-state index contributed by atoms with van der Waals surface area (Å²) in [7, 11) is 0. The van der Waals surface area contributed by atoms with E-state index in [9.17, 15) is 9.59 Å². The molecule has 1 fully saturated rings. The Morgan fingerprint density at radius 2 is 1.79 bits per heavy atom. The summed E-state index contributed by atoms with van der Waals surface area (Å²) in [5.41, 5.74) is 1.62. The molecule has 156 valence electrons. The summed E-state index contributed by atoms with van der Waals surface area (Å²) in [6.07, 6.45) is 2.94. The molecule has 1 aliphatic rings. The maximum Gasteiger partial charge on any atom is 0.251 e. The number of halogens is 1. The van der Waals surface area contributed by atoms with Gasteiger partial charge < -0.3 is 21.3 Å². The van der Waals surface area contributed by atoms with Gasteiger partial charge in [0.15, 0.2) is 5.96 Å². The van der Waals surface area contributed by atoms with Crippen molar-refractivity contribution in [1.82, 2.24) is 21.3 Å². The zero-order chi connectivity index (χ0) is 19.5. The van der Waals surface area contributed by atoms with Crippen LogP contribution >= 0.6 is 24.0 Å². The van der Waals surface area contributed by atoms with Crippen molar-refractivity contribution in [2.45, 2.75) is 39.7 Å². The first-order valence-electron chi connectivity index (χ1n) is 9.81. The van der Waals surface area contributed by atoms with Gasteiger partial charge in [-0.25, -0.2) is 4.99 Å². The van der Waals surface area contributed by atoms with Crippen molar-refractivity contribution in [1.29, 1.82) is 0 Å². The molecule has 7 nitrogen and oxygen atoms in total. The Labute approximate surface area is 184 Å². The molecule has 28 heavy (non-hydrogen) atoms. The normalized spacial score (nSPS) is 13.3. The van der Waals surface area contributed by atoms with Crippen molar-refractivity contribution in [2.75, 3.05) is 26.2 Å². The molecule has 4 N–H and O–H groups in total. The summed E-state index contributed by atoms with van der Waals surface area (Å²) in [6, 6.07) is 7.51. The van der Waals surface area contributed by atoms with E-state index in [1.807, 2.05) is 38.1 Å². The summed E-state index contributed by atoms with van der Waals surface area (Å²) in [6.45, 7) is 7.12. The second-order valence-electron chi connectivity index (χ2n) is 6.64. The average Bonchev–Trinajstić information content (AvgIpc) is 3.52. The highest BCUT2D eigenvalue weighted by Gasteiger charge is 2.28. The van der Waals surface area contributed by atoms with Crippen LogP contribution in [0.3, 0.4) is 0 Å². The number of nitrogens with one attached hydrogen (secondary N) is 4. The molecule has 1 aromatic rings. The van der Waals surface area contributed by atoms with Gasteiger partial charge in [-0.2, -0.15) is 0 Å². The third-order valence-electron chi connectivity index (χ3n) is 4.15. The van der Waals surface area contributed by atoms with Crippen LogP contribution in [-0.2, 0) is 11.3 Å². The zero-order valence-electron chi connectivity index (χ0n) is 16.7. The van der Waals surface area contributed by atoms with E-state index < -0.39 is 0 Å². The Hall–Kier alpha value is -1.84. The maximum atomic E-state index is 12.1. The summed E-state index contributed by atoms with van der Waals surface area (Å²) in [5.74, 6) is 1.02. The Morgan fingerprint density at radius 1 is 1.04 bits per heavy atom. The van der Waals surface area contributed by atoms with E-state index in [0.29, 0.717) is 37.7 Å². The van der Waals surface area contributed by atoms with Gasteiger partial charge in [0.2, 0.25) is 5.91 Å². The Kier molecular flexibility index (Phi) is 11.5. The van der Waals surface area contributed by atoms with Gasteiger partial charge in [0, 0.05) is 37.7 Å². The van der Waals surface area contributed by atoms with Crippen LogP contribution in [-0.4, -0.2) is 44.0 Å². The van der Waals surface area contributed by atoms with E-state index in [0.717, 1.165) is 31.4 Å². The standard InChI is InChI=1S/C20H31N5O2.HI/c1-3-10-22-19(27)17-7-5-6-15(13-17)14-25-20(21-4-2)24-12-11-23-18(26)16-8-9-16;/h5-7,13,16H,3-4,8-12,14H2,1-2H3,(H,22,27)(H,23,26)(H2,21,24,25);1H. The van der Waals surface area contributed by atoms with E-state index in [4.69, 9.17) is 0 Å². The van der Waals surface area contributed by atoms with E-state index in [1.54, 1.807) is 0 Å². The quantitative estimate of drug-likeness (QED) is 0.171. The number of amides is 2. The fourth-order valence-electron chi connectivity index (χ4n) is 2.52. The topological polar surface area (TPSA) is 94.6 Å².